The Hall–Kier alpha value is -0.570. The zero-order chi connectivity index (χ0) is 11.8. The van der Waals surface area contributed by atoms with Gasteiger partial charge in [-0.05, 0) is 13.8 Å². The maximum atomic E-state index is 10.5. The van der Waals surface area contributed by atoms with Crippen molar-refractivity contribution in [2.24, 2.45) is 0 Å². The number of carboxylic acid groups (broad SMARTS) is 1. The van der Waals surface area contributed by atoms with E-state index in [0.29, 0.717) is 0 Å². The van der Waals surface area contributed by atoms with E-state index in [2.05, 4.69) is 0 Å². The van der Waals surface area contributed by atoms with E-state index in [1.54, 1.807) is 0 Å². The second kappa shape index (κ2) is 2.58. The summed E-state index contributed by atoms with van der Waals surface area (Å²) in [4.78, 5) is 10.5. The van der Waals surface area contributed by atoms with Gasteiger partial charge in [-0.1, -0.05) is 0 Å². The third kappa shape index (κ3) is 2.17. The molecule has 0 aromatic heterocycles. The van der Waals surface area contributed by atoms with Crippen LogP contribution in [-0.4, -0.2) is 24.1 Å². The Balaban J connectivity index is 5.04. The van der Waals surface area contributed by atoms with Gasteiger partial charge in [0.2, 0.25) is 0 Å². The Labute approximate surface area is 52.2 Å². The van der Waals surface area contributed by atoms with Crippen molar-refractivity contribution in [3.63, 3.8) is 0 Å². The third-order valence-electron chi connectivity index (χ3n) is 0.339. The van der Waals surface area contributed by atoms with Crippen LogP contribution in [0.1, 0.15) is 16.4 Å². The van der Waals surface area contributed by atoms with Crippen molar-refractivity contribution in [1.29, 1.82) is 0 Å². The number of carbonyl (C=O) groups is 1. The molecule has 0 saturated carbocycles. The molecule has 0 aromatic rings. The number of hydrogen-bond donors (Lipinski definition) is 2. The van der Waals surface area contributed by atoms with Crippen LogP contribution >= 0.6 is 0 Å². The molecule has 0 spiro atoms. The van der Waals surface area contributed by atoms with Gasteiger partial charge in [0.1, 0.15) is 6.02 Å². The van der Waals surface area contributed by atoms with E-state index in [0.717, 1.165) is 0 Å². The molecule has 0 heterocycles. The molecule has 42 valence electrons. The van der Waals surface area contributed by atoms with Crippen LogP contribution in [0, 0.1) is 0 Å². The maximum Gasteiger partial charge on any atom is 0.320 e. The van der Waals surface area contributed by atoms with Crippen molar-refractivity contribution in [3.8, 4) is 0 Å². The predicted octanol–water partition coefficient (Wildman–Crippen LogP) is -0.321. The summed E-state index contributed by atoms with van der Waals surface area (Å²) in [6.07, 6.45) is 0. The first-order valence-corrected chi connectivity index (χ1v) is 1.43. The van der Waals surface area contributed by atoms with Gasteiger partial charge in [0.25, 0.3) is 0 Å². The van der Waals surface area contributed by atoms with E-state index in [1.807, 2.05) is 0 Å². The monoisotopic (exact) mass is 110 g/mol. The summed E-state index contributed by atoms with van der Waals surface area (Å²) in [6, 6.07) is -3.22. The molecule has 3 nitrogen and oxygen atoms in total. The van der Waals surface area contributed by atoms with Gasteiger partial charge in [0, 0.05) is 8.22 Å². The number of hydrogen-bond acceptors (Lipinski definition) is 2. The number of carboxylic acids is 1. The van der Waals surface area contributed by atoms with Gasteiger partial charge in [-0.3, -0.25) is 4.79 Å². The van der Waals surface area contributed by atoms with Crippen molar-refractivity contribution >= 4 is 5.97 Å². The van der Waals surface area contributed by atoms with Crippen molar-refractivity contribution in [2.45, 2.75) is 12.9 Å². The molecule has 0 aromatic carbocycles. The van der Waals surface area contributed by atoms with Crippen molar-refractivity contribution in [2.75, 3.05) is 6.98 Å². The lowest BCUT2D eigenvalue weighted by molar-refractivity contribution is -0.138. The Kier molecular flexibility index (Phi) is 0.452. The van der Waals surface area contributed by atoms with Gasteiger partial charge in [-0.2, -0.15) is 0 Å². The fraction of sp³-hybridized carbons (Fsp3) is 0.750. The molecule has 0 bridgehead atoms. The molecule has 0 aliphatic rings. The summed E-state index contributed by atoms with van der Waals surface area (Å²) in [5.74, 6) is -2.06. The summed E-state index contributed by atoms with van der Waals surface area (Å²) < 4.78 is 47.2. The van der Waals surface area contributed by atoms with Gasteiger partial charge in [-0.25, -0.2) is 0 Å². The molecule has 0 radical (unpaired) electrons. The summed E-state index contributed by atoms with van der Waals surface area (Å²) >= 11 is 0. The molecule has 0 aliphatic heterocycles. The average molecular weight is 110 g/mol. The smallest absolute Gasteiger partial charge is 0.320 e. The van der Waals surface area contributed by atoms with Gasteiger partial charge >= 0.3 is 5.97 Å². The molecular weight excluding hydrogens is 94.0 g/mol. The first-order valence-electron chi connectivity index (χ1n) is 4.93. The van der Waals surface area contributed by atoms with Crippen LogP contribution in [0.25, 0.3) is 0 Å². The predicted molar refractivity (Wildman–Crippen MR) is 26.2 cm³/mol. The number of aliphatic carboxylic acids is 1. The lowest BCUT2D eigenvalue weighted by atomic mass is 10.4. The van der Waals surface area contributed by atoms with Crippen LogP contribution in [0.4, 0.5) is 0 Å². The highest BCUT2D eigenvalue weighted by molar-refractivity contribution is 5.72. The Morgan fingerprint density at radius 2 is 3.00 bits per heavy atom. The third-order valence-corrected chi connectivity index (χ3v) is 0.339. The summed E-state index contributed by atoms with van der Waals surface area (Å²) in [5, 5.41) is 9.75. The maximum absolute atomic E-state index is 10.5. The van der Waals surface area contributed by atoms with Gasteiger partial charge < -0.3 is 10.4 Å². The topological polar surface area (TPSA) is 49.3 Å². The van der Waals surface area contributed by atoms with Gasteiger partial charge in [0.15, 0.2) is 0 Å². The van der Waals surface area contributed by atoms with Crippen LogP contribution in [0.5, 0.6) is 0 Å². The SMILES string of the molecule is [2H]C([2H])([2H])N[C@]([2H])(C(=O)O)C([2H])([2H])[2H]. The highest BCUT2D eigenvalue weighted by atomic mass is 16.4. The molecule has 0 aliphatic carbocycles. The normalized spacial score (nSPS) is 36.3. The highest BCUT2D eigenvalue weighted by Gasteiger charge is 2.04. The Morgan fingerprint density at radius 3 is 3.14 bits per heavy atom. The molecule has 0 fully saturated rings. The van der Waals surface area contributed by atoms with Crippen LogP contribution in [0.15, 0.2) is 0 Å². The second-order valence-electron chi connectivity index (χ2n) is 0.805. The molecule has 0 unspecified atom stereocenters. The highest BCUT2D eigenvalue weighted by Crippen LogP contribution is 1.74. The quantitative estimate of drug-likeness (QED) is 0.512. The van der Waals surface area contributed by atoms with Crippen LogP contribution in [0.2, 0.25) is 0 Å². The Bertz CT molecular complexity index is 233. The molecular formula is C4H9NO2. The summed E-state index contributed by atoms with van der Waals surface area (Å²) in [7, 11) is 0. The van der Waals surface area contributed by atoms with Crippen molar-refractivity contribution in [1.82, 2.24) is 5.32 Å². The largest absolute Gasteiger partial charge is 0.480 e. The van der Waals surface area contributed by atoms with Crippen LogP contribution in [-0.2, 0) is 4.79 Å². The van der Waals surface area contributed by atoms with E-state index in [4.69, 9.17) is 14.7 Å². The van der Waals surface area contributed by atoms with E-state index in [1.165, 1.54) is 5.32 Å². The molecule has 0 rings (SSSR count). The van der Waals surface area contributed by atoms with Gasteiger partial charge in [0.05, 0.1) is 1.37 Å². The molecule has 0 saturated heterocycles. The minimum Gasteiger partial charge on any atom is -0.480 e. The summed E-state index contributed by atoms with van der Waals surface area (Å²) in [6.45, 7) is -6.28. The Morgan fingerprint density at radius 1 is 2.29 bits per heavy atom. The number of likely N-dealkylation sites (N-methyl/N-ethyl adjacent to an activating group) is 1. The lowest BCUT2D eigenvalue weighted by Gasteiger charge is -1.99. The fourth-order valence-electron chi connectivity index (χ4n) is 0.0535. The standard InChI is InChI=1S/C4H9NO2/c1-3(5-2)4(6)7/h3,5H,1-2H3,(H,6,7)/t3-/m0/s1/i1D3,2D3,3D. The summed E-state index contributed by atoms with van der Waals surface area (Å²) in [5.41, 5.74) is 0. The van der Waals surface area contributed by atoms with E-state index in [9.17, 15) is 4.79 Å². The molecule has 7 heavy (non-hydrogen) atoms. The molecule has 3 heteroatoms. The van der Waals surface area contributed by atoms with Crippen molar-refractivity contribution < 1.29 is 19.5 Å². The zero-order valence-corrected chi connectivity index (χ0v) is 3.36. The van der Waals surface area contributed by atoms with Crippen LogP contribution in [0.3, 0.4) is 0 Å². The molecule has 1 atom stereocenters. The van der Waals surface area contributed by atoms with E-state index >= 15 is 0 Å². The lowest BCUT2D eigenvalue weighted by Crippen LogP contribution is -2.29. The zero-order valence-electron chi connectivity index (χ0n) is 10.4. The first-order chi connectivity index (χ1) is 5.90. The second-order valence-corrected chi connectivity index (χ2v) is 0.805. The van der Waals surface area contributed by atoms with Gasteiger partial charge in [-0.15, -0.1) is 0 Å². The first kappa shape index (κ1) is 1.23. The molecule has 0 amide bonds. The molecule has 2 N–H and O–H groups in total. The van der Waals surface area contributed by atoms with E-state index in [-0.39, 0.29) is 0 Å². The fourth-order valence-corrected chi connectivity index (χ4v) is 0.0535. The van der Waals surface area contributed by atoms with E-state index < -0.39 is 25.8 Å². The number of nitrogens with one attached hydrogen (secondary N) is 1. The minimum absolute atomic E-state index is 1.28. The number of rotatable bonds is 2. The van der Waals surface area contributed by atoms with Crippen molar-refractivity contribution in [3.05, 3.63) is 0 Å². The average Bonchev–Trinajstić information content (AvgIpc) is 1.79. The van der Waals surface area contributed by atoms with Crippen LogP contribution < -0.4 is 5.32 Å². The minimum atomic E-state index is -3.27.